The van der Waals surface area contributed by atoms with E-state index in [0.717, 1.165) is 0 Å². The van der Waals surface area contributed by atoms with E-state index in [0.29, 0.717) is 13.0 Å². The number of nitrogens with zero attached hydrogens (tertiary/aromatic N) is 3. The molecule has 0 radical (unpaired) electrons. The first kappa shape index (κ1) is 15.8. The minimum absolute atomic E-state index is 0. The average Bonchev–Trinajstić information content (AvgIpc) is 2.54. The van der Waals surface area contributed by atoms with Gasteiger partial charge in [0.1, 0.15) is 0 Å². The maximum absolute atomic E-state index is 7.67. The first-order valence-corrected chi connectivity index (χ1v) is 5.13. The quantitative estimate of drug-likeness (QED) is 0.492. The Labute approximate surface area is 134 Å². The summed E-state index contributed by atoms with van der Waals surface area (Å²) >= 11 is 0. The van der Waals surface area contributed by atoms with Crippen LogP contribution in [0.2, 0.25) is 0 Å². The third kappa shape index (κ3) is 26.4. The molecule has 0 saturated heterocycles. The molecule has 0 aromatic rings. The van der Waals surface area contributed by atoms with E-state index < -0.39 is 25.6 Å². The summed E-state index contributed by atoms with van der Waals surface area (Å²) in [4.78, 5) is 0. The molecule has 0 aromatic carbocycles. The molecule has 1 saturated carbocycles. The van der Waals surface area contributed by atoms with Crippen LogP contribution in [0.5, 0.6) is 0 Å². The van der Waals surface area contributed by atoms with Crippen molar-refractivity contribution in [3.63, 3.8) is 0 Å². The summed E-state index contributed by atoms with van der Waals surface area (Å²) in [7, 11) is 8.71. The number of hydrogen-bond acceptors (Lipinski definition) is 0. The molecular formula is C13H31HfN3. The fourth-order valence-corrected chi connectivity index (χ4v) is 0.949. The van der Waals surface area contributed by atoms with Crippen LogP contribution in [0.3, 0.4) is 0 Å². The zero-order valence-corrected chi connectivity index (χ0v) is 15.7. The summed E-state index contributed by atoms with van der Waals surface area (Å²) in [6.07, 6.45) is -1.85. The van der Waals surface area contributed by atoms with Gasteiger partial charge < -0.3 is 23.4 Å². The molecule has 0 aromatic heterocycles. The number of hydrogen-bond donors (Lipinski definition) is 0. The molecule has 4 unspecified atom stereocenters. The SMILES string of the molecule is C[N-]C.C[N-]C.[2H]C1C([2H])C([2H])C(CC[N-]C)C1[2H].[CH3-].[Hf+4]. The van der Waals surface area contributed by atoms with Crippen molar-refractivity contribution in [1.82, 2.24) is 0 Å². The summed E-state index contributed by atoms with van der Waals surface area (Å²) < 4.78 is 30.4. The van der Waals surface area contributed by atoms with Gasteiger partial charge in [0.25, 0.3) is 0 Å². The van der Waals surface area contributed by atoms with Gasteiger partial charge >= 0.3 is 25.8 Å². The molecule has 1 aliphatic rings. The second-order valence-electron chi connectivity index (χ2n) is 3.16. The van der Waals surface area contributed by atoms with Crippen molar-refractivity contribution in [1.29, 1.82) is 0 Å². The molecule has 0 spiro atoms. The standard InChI is InChI=1S/C8H16N.2C2H6N.CH3.Hf/c1-9-7-6-8-4-2-3-5-8;2*1-3-2;;/h8H,2-7H2,1H3;2*1-2H3;1H3;/q4*-1;+4/i2D,3D,4D,5D;;;;. The van der Waals surface area contributed by atoms with Gasteiger partial charge in [-0.05, 0) is 5.92 Å². The van der Waals surface area contributed by atoms with E-state index in [1.807, 2.05) is 0 Å². The average molecular weight is 412 g/mol. The third-order valence-corrected chi connectivity index (χ3v) is 1.51. The van der Waals surface area contributed by atoms with E-state index in [2.05, 4.69) is 16.0 Å². The summed E-state index contributed by atoms with van der Waals surface area (Å²) in [5.74, 6) is -0.131. The second kappa shape index (κ2) is 25.6. The summed E-state index contributed by atoms with van der Waals surface area (Å²) in [5, 5.41) is 10.9. The minimum Gasteiger partial charge on any atom is -0.668 e. The molecule has 102 valence electrons. The van der Waals surface area contributed by atoms with Gasteiger partial charge in [-0.25, -0.2) is 0 Å². The Bertz CT molecular complexity index is 188. The summed E-state index contributed by atoms with van der Waals surface area (Å²) in [6.45, 7) is 0.648. The van der Waals surface area contributed by atoms with Crippen molar-refractivity contribution < 1.29 is 31.3 Å². The Morgan fingerprint density at radius 3 is 1.65 bits per heavy atom. The third-order valence-electron chi connectivity index (χ3n) is 1.51. The molecule has 4 heteroatoms. The first-order chi connectivity index (χ1) is 8.92. The fourth-order valence-electron chi connectivity index (χ4n) is 0.949. The maximum Gasteiger partial charge on any atom is 4.00 e. The smallest absolute Gasteiger partial charge is 0.668 e. The van der Waals surface area contributed by atoms with Gasteiger partial charge in [0.15, 0.2) is 0 Å². The van der Waals surface area contributed by atoms with Gasteiger partial charge in [0.05, 0.1) is 0 Å². The Hall–Kier alpha value is 0.750. The van der Waals surface area contributed by atoms with Gasteiger partial charge in [-0.1, -0.05) is 32.0 Å². The molecule has 3 nitrogen and oxygen atoms in total. The molecule has 1 fully saturated rings. The van der Waals surface area contributed by atoms with Crippen molar-refractivity contribution in [3.05, 3.63) is 23.4 Å². The predicted molar refractivity (Wildman–Crippen MR) is 77.6 cm³/mol. The van der Waals surface area contributed by atoms with Crippen LogP contribution in [0.4, 0.5) is 0 Å². The van der Waals surface area contributed by atoms with Crippen molar-refractivity contribution in [3.8, 4) is 0 Å². The zero-order chi connectivity index (χ0) is 15.4. The van der Waals surface area contributed by atoms with Crippen LogP contribution in [0, 0.1) is 13.3 Å². The maximum atomic E-state index is 7.67. The Morgan fingerprint density at radius 2 is 1.35 bits per heavy atom. The van der Waals surface area contributed by atoms with Gasteiger partial charge in [-0.2, -0.15) is 35.2 Å². The molecule has 0 heterocycles. The van der Waals surface area contributed by atoms with Gasteiger partial charge in [0, 0.05) is 5.48 Å². The molecule has 0 aliphatic heterocycles. The van der Waals surface area contributed by atoms with Gasteiger partial charge in [0.2, 0.25) is 0 Å². The van der Waals surface area contributed by atoms with Crippen LogP contribution in [-0.4, -0.2) is 41.8 Å². The van der Waals surface area contributed by atoms with Crippen molar-refractivity contribution in [2.45, 2.75) is 32.0 Å². The molecular weight excluding hydrogens is 377 g/mol. The molecule has 0 bridgehead atoms. The molecule has 0 N–H and O–H groups in total. The van der Waals surface area contributed by atoms with Crippen LogP contribution < -0.4 is 0 Å². The van der Waals surface area contributed by atoms with Crippen molar-refractivity contribution >= 4 is 0 Å². The van der Waals surface area contributed by atoms with Gasteiger partial charge in [-0.3, -0.25) is 0 Å². The predicted octanol–water partition coefficient (Wildman–Crippen LogP) is 4.26. The first-order valence-electron chi connectivity index (χ1n) is 7.44. The summed E-state index contributed by atoms with van der Waals surface area (Å²) in [5.41, 5.74) is 0. The minimum atomic E-state index is -0.704. The Morgan fingerprint density at radius 1 is 1.00 bits per heavy atom. The molecule has 4 atom stereocenters. The summed E-state index contributed by atoms with van der Waals surface area (Å²) in [6, 6.07) is 0. The van der Waals surface area contributed by atoms with E-state index in [4.69, 9.17) is 5.48 Å². The van der Waals surface area contributed by atoms with E-state index in [1.54, 1.807) is 35.2 Å². The molecule has 1 rings (SSSR count). The van der Waals surface area contributed by atoms with Crippen LogP contribution in [0.25, 0.3) is 16.0 Å². The molecule has 1 aliphatic carbocycles. The largest absolute Gasteiger partial charge is 4.00 e. The second-order valence-corrected chi connectivity index (χ2v) is 3.16. The van der Waals surface area contributed by atoms with Crippen LogP contribution in [-0.2, 0) is 25.8 Å². The fraction of sp³-hybridized carbons (Fsp3) is 0.923. The van der Waals surface area contributed by atoms with Crippen LogP contribution in [0.15, 0.2) is 0 Å². The van der Waals surface area contributed by atoms with E-state index >= 15 is 0 Å². The zero-order valence-electron chi connectivity index (χ0n) is 16.1. The van der Waals surface area contributed by atoms with Crippen LogP contribution in [0.1, 0.15) is 37.5 Å². The van der Waals surface area contributed by atoms with E-state index in [-0.39, 0.29) is 39.2 Å². The topological polar surface area (TPSA) is 42.3 Å². The Kier molecular flexibility index (Phi) is 23.8. The van der Waals surface area contributed by atoms with Gasteiger partial charge in [-0.15, -0.1) is 6.54 Å². The van der Waals surface area contributed by atoms with Crippen LogP contribution >= 0.6 is 0 Å². The Balaban J connectivity index is -0.000000157. The van der Waals surface area contributed by atoms with E-state index in [9.17, 15) is 0 Å². The monoisotopic (exact) mass is 413 g/mol. The van der Waals surface area contributed by atoms with E-state index in [1.165, 1.54) is 0 Å². The van der Waals surface area contributed by atoms with Crippen molar-refractivity contribution in [2.75, 3.05) is 41.8 Å². The normalized spacial score (nSPS) is 37.1. The molecule has 0 amide bonds. The molecule has 17 heavy (non-hydrogen) atoms. The number of rotatable bonds is 3. The van der Waals surface area contributed by atoms with Crippen molar-refractivity contribution in [2.24, 2.45) is 5.92 Å².